The molecule has 0 spiro atoms. The van der Waals surface area contributed by atoms with Crippen LogP contribution < -0.4 is 0 Å². The number of phenols is 1. The van der Waals surface area contributed by atoms with Crippen molar-refractivity contribution in [1.29, 1.82) is 0 Å². The highest BCUT2D eigenvalue weighted by Gasteiger charge is 2.27. The maximum absolute atomic E-state index is 12.5. The number of rotatable bonds is 3. The normalized spacial score (nSPS) is 17.4. The summed E-state index contributed by atoms with van der Waals surface area (Å²) in [5.41, 5.74) is 1.23. The topological polar surface area (TPSA) is 71.2 Å². The molecule has 1 aliphatic rings. The molecule has 22 heavy (non-hydrogen) atoms. The SMILES string of the molecule is CC(C(=O)N1CCC(c2ccc(O)cc2)CC1)n1cncn1. The fraction of sp³-hybridized carbons (Fsp3) is 0.438. The van der Waals surface area contributed by atoms with Gasteiger partial charge >= 0.3 is 0 Å². The fourth-order valence-corrected chi connectivity index (χ4v) is 2.97. The van der Waals surface area contributed by atoms with Crippen LogP contribution in [0.25, 0.3) is 0 Å². The number of hydrogen-bond donors (Lipinski definition) is 1. The molecule has 1 N–H and O–H groups in total. The molecule has 6 nitrogen and oxygen atoms in total. The average Bonchev–Trinajstić information content (AvgIpc) is 3.09. The monoisotopic (exact) mass is 300 g/mol. The van der Waals surface area contributed by atoms with E-state index >= 15 is 0 Å². The smallest absolute Gasteiger partial charge is 0.247 e. The first-order valence-electron chi connectivity index (χ1n) is 7.57. The standard InChI is InChI=1S/C16H20N4O2/c1-12(20-11-17-10-18-20)16(22)19-8-6-14(7-9-19)13-2-4-15(21)5-3-13/h2-5,10-12,14,21H,6-9H2,1H3. The van der Waals surface area contributed by atoms with Gasteiger partial charge in [-0.1, -0.05) is 12.1 Å². The number of amides is 1. The van der Waals surface area contributed by atoms with Crippen LogP contribution in [0.3, 0.4) is 0 Å². The minimum atomic E-state index is -0.312. The quantitative estimate of drug-likeness (QED) is 0.940. The third kappa shape index (κ3) is 2.95. The number of aromatic nitrogens is 3. The fourth-order valence-electron chi connectivity index (χ4n) is 2.97. The van der Waals surface area contributed by atoms with Crippen LogP contribution in [0.4, 0.5) is 0 Å². The first kappa shape index (κ1) is 14.6. The molecule has 1 aromatic heterocycles. The van der Waals surface area contributed by atoms with Crippen molar-refractivity contribution in [3.63, 3.8) is 0 Å². The van der Waals surface area contributed by atoms with Crippen molar-refractivity contribution < 1.29 is 9.90 Å². The van der Waals surface area contributed by atoms with Crippen molar-refractivity contribution in [3.8, 4) is 5.75 Å². The molecule has 2 heterocycles. The van der Waals surface area contributed by atoms with Crippen LogP contribution in [0.1, 0.15) is 37.3 Å². The molecule has 0 saturated carbocycles. The van der Waals surface area contributed by atoms with Gasteiger partial charge in [0.05, 0.1) is 0 Å². The first-order chi connectivity index (χ1) is 10.6. The zero-order valence-corrected chi connectivity index (χ0v) is 12.6. The van der Waals surface area contributed by atoms with Gasteiger partial charge in [-0.3, -0.25) is 4.79 Å². The highest BCUT2D eigenvalue weighted by molar-refractivity contribution is 5.80. The lowest BCUT2D eigenvalue weighted by Gasteiger charge is -2.33. The van der Waals surface area contributed by atoms with Gasteiger partial charge in [-0.2, -0.15) is 5.10 Å². The van der Waals surface area contributed by atoms with E-state index < -0.39 is 0 Å². The molecule has 2 aromatic rings. The number of benzene rings is 1. The molecule has 0 bridgehead atoms. The van der Waals surface area contributed by atoms with E-state index in [1.54, 1.807) is 23.1 Å². The predicted octanol–water partition coefficient (Wildman–Crippen LogP) is 1.95. The number of aromatic hydroxyl groups is 1. The highest BCUT2D eigenvalue weighted by Crippen LogP contribution is 2.29. The van der Waals surface area contributed by atoms with E-state index in [2.05, 4.69) is 10.1 Å². The van der Waals surface area contributed by atoms with E-state index in [1.807, 2.05) is 24.0 Å². The van der Waals surface area contributed by atoms with E-state index in [0.717, 1.165) is 25.9 Å². The maximum atomic E-state index is 12.5. The Morgan fingerprint density at radius 3 is 2.55 bits per heavy atom. The van der Waals surface area contributed by atoms with Gasteiger partial charge in [-0.15, -0.1) is 0 Å². The zero-order chi connectivity index (χ0) is 15.5. The number of carbonyl (C=O) groups is 1. The van der Waals surface area contributed by atoms with E-state index in [4.69, 9.17) is 0 Å². The number of piperidine rings is 1. The number of hydrogen-bond acceptors (Lipinski definition) is 4. The molecule has 1 aromatic carbocycles. The summed E-state index contributed by atoms with van der Waals surface area (Å²) >= 11 is 0. The summed E-state index contributed by atoms with van der Waals surface area (Å²) < 4.78 is 1.59. The van der Waals surface area contributed by atoms with Gasteiger partial charge in [0.25, 0.3) is 0 Å². The summed E-state index contributed by atoms with van der Waals surface area (Å²) in [6, 6.07) is 7.07. The zero-order valence-electron chi connectivity index (χ0n) is 12.6. The third-order valence-corrected chi connectivity index (χ3v) is 4.36. The van der Waals surface area contributed by atoms with E-state index in [1.165, 1.54) is 11.9 Å². The van der Waals surface area contributed by atoms with Crippen LogP contribution in [0, 0.1) is 0 Å². The highest BCUT2D eigenvalue weighted by atomic mass is 16.3. The van der Waals surface area contributed by atoms with Crippen molar-refractivity contribution in [1.82, 2.24) is 19.7 Å². The lowest BCUT2D eigenvalue weighted by Crippen LogP contribution is -2.41. The molecule has 1 fully saturated rings. The van der Waals surface area contributed by atoms with Gasteiger partial charge in [0.15, 0.2) is 0 Å². The minimum Gasteiger partial charge on any atom is -0.508 e. The summed E-state index contributed by atoms with van der Waals surface area (Å²) in [6.07, 6.45) is 4.91. The second-order valence-electron chi connectivity index (χ2n) is 5.74. The number of nitrogens with zero attached hydrogens (tertiary/aromatic N) is 4. The number of carbonyl (C=O) groups excluding carboxylic acids is 1. The lowest BCUT2D eigenvalue weighted by molar-refractivity contribution is -0.135. The Balaban J connectivity index is 1.59. The Labute approximate surface area is 129 Å². The molecule has 3 rings (SSSR count). The van der Waals surface area contributed by atoms with Crippen molar-refractivity contribution in [2.45, 2.75) is 31.7 Å². The number of likely N-dealkylation sites (tertiary alicyclic amines) is 1. The van der Waals surface area contributed by atoms with Gasteiger partial charge in [0.2, 0.25) is 5.91 Å². The van der Waals surface area contributed by atoms with Crippen molar-refractivity contribution in [3.05, 3.63) is 42.5 Å². The molecule has 1 unspecified atom stereocenters. The van der Waals surface area contributed by atoms with E-state index in [9.17, 15) is 9.90 Å². The van der Waals surface area contributed by atoms with Crippen LogP contribution >= 0.6 is 0 Å². The number of phenolic OH excluding ortho intramolecular Hbond substituents is 1. The first-order valence-corrected chi connectivity index (χ1v) is 7.57. The average molecular weight is 300 g/mol. The molecular weight excluding hydrogens is 280 g/mol. The van der Waals surface area contributed by atoms with Crippen molar-refractivity contribution in [2.24, 2.45) is 0 Å². The van der Waals surface area contributed by atoms with Crippen LogP contribution in [0.5, 0.6) is 5.75 Å². The largest absolute Gasteiger partial charge is 0.508 e. The molecule has 1 amide bonds. The summed E-state index contributed by atoms with van der Waals surface area (Å²) in [5, 5.41) is 13.4. The van der Waals surface area contributed by atoms with Crippen LogP contribution in [-0.2, 0) is 4.79 Å². The molecule has 1 saturated heterocycles. The Kier molecular flexibility index (Phi) is 4.09. The van der Waals surface area contributed by atoms with E-state index in [0.29, 0.717) is 5.92 Å². The molecule has 6 heteroatoms. The summed E-state index contributed by atoms with van der Waals surface area (Å²) in [4.78, 5) is 18.3. The second kappa shape index (κ2) is 6.17. The van der Waals surface area contributed by atoms with Crippen LogP contribution in [0.2, 0.25) is 0 Å². The molecule has 0 radical (unpaired) electrons. The van der Waals surface area contributed by atoms with Gasteiger partial charge in [-0.25, -0.2) is 9.67 Å². The summed E-state index contributed by atoms with van der Waals surface area (Å²) in [6.45, 7) is 3.36. The Hall–Kier alpha value is -2.37. The molecule has 1 atom stereocenters. The molecule has 0 aliphatic carbocycles. The van der Waals surface area contributed by atoms with Crippen LogP contribution in [0.15, 0.2) is 36.9 Å². The van der Waals surface area contributed by atoms with Gasteiger partial charge in [0, 0.05) is 13.1 Å². The second-order valence-corrected chi connectivity index (χ2v) is 5.74. The Morgan fingerprint density at radius 2 is 1.95 bits per heavy atom. The van der Waals surface area contributed by atoms with Gasteiger partial charge in [-0.05, 0) is 43.4 Å². The third-order valence-electron chi connectivity index (χ3n) is 4.36. The summed E-state index contributed by atoms with van der Waals surface area (Å²) in [5.74, 6) is 0.832. The molecular formula is C16H20N4O2. The van der Waals surface area contributed by atoms with E-state index in [-0.39, 0.29) is 17.7 Å². The van der Waals surface area contributed by atoms with Crippen molar-refractivity contribution >= 4 is 5.91 Å². The van der Waals surface area contributed by atoms with Gasteiger partial charge in [0.1, 0.15) is 24.4 Å². The lowest BCUT2D eigenvalue weighted by atomic mass is 9.89. The Morgan fingerprint density at radius 1 is 1.27 bits per heavy atom. The predicted molar refractivity (Wildman–Crippen MR) is 81.4 cm³/mol. The minimum absolute atomic E-state index is 0.0923. The Bertz CT molecular complexity index is 616. The molecule has 116 valence electrons. The molecule has 1 aliphatic heterocycles. The van der Waals surface area contributed by atoms with Crippen LogP contribution in [-0.4, -0.2) is 43.8 Å². The van der Waals surface area contributed by atoms with Crippen molar-refractivity contribution in [2.75, 3.05) is 13.1 Å². The van der Waals surface area contributed by atoms with Gasteiger partial charge < -0.3 is 10.0 Å². The maximum Gasteiger partial charge on any atom is 0.247 e. The summed E-state index contributed by atoms with van der Waals surface area (Å²) in [7, 11) is 0.